The van der Waals surface area contributed by atoms with Crippen LogP contribution in [0.4, 0.5) is 17.6 Å². The highest BCUT2D eigenvalue weighted by molar-refractivity contribution is 5.74. The second-order valence-corrected chi connectivity index (χ2v) is 8.34. The van der Waals surface area contributed by atoms with E-state index < -0.39 is 42.0 Å². The first-order valence-corrected chi connectivity index (χ1v) is 11.7. The lowest BCUT2D eigenvalue weighted by Crippen LogP contribution is -2.38. The molecule has 4 rings (SSSR count). The molecule has 0 spiro atoms. The van der Waals surface area contributed by atoms with Gasteiger partial charge in [0.15, 0.2) is 29.6 Å². The van der Waals surface area contributed by atoms with Crippen LogP contribution in [0.3, 0.4) is 0 Å². The van der Waals surface area contributed by atoms with E-state index in [1.807, 2.05) is 26.0 Å². The minimum Gasteiger partial charge on any atom is -0.456 e. The number of ether oxygens (including phenoxy) is 3. The number of fused-ring (bicyclic) bond motifs is 1. The van der Waals surface area contributed by atoms with Crippen molar-refractivity contribution in [1.82, 2.24) is 19.5 Å². The first-order valence-electron chi connectivity index (χ1n) is 11.7. The molecule has 0 amide bonds. The molecule has 3 heterocycles. The Morgan fingerprint density at radius 1 is 1.08 bits per heavy atom. The Labute approximate surface area is 211 Å². The van der Waals surface area contributed by atoms with Crippen molar-refractivity contribution < 1.29 is 23.8 Å². The quantitative estimate of drug-likeness (QED) is 0.273. The average Bonchev–Trinajstić information content (AvgIpc) is 3.40. The molecule has 1 fully saturated rings. The number of hydrogen-bond donors (Lipinski definition) is 1. The van der Waals surface area contributed by atoms with Gasteiger partial charge in [0.05, 0.1) is 5.69 Å². The van der Waals surface area contributed by atoms with E-state index in [9.17, 15) is 14.4 Å². The van der Waals surface area contributed by atoms with Crippen LogP contribution in [0.5, 0.6) is 0 Å². The van der Waals surface area contributed by atoms with Gasteiger partial charge in [0.25, 0.3) is 11.5 Å². The van der Waals surface area contributed by atoms with E-state index in [0.717, 1.165) is 12.0 Å². The molecule has 194 valence electrons. The predicted molar refractivity (Wildman–Crippen MR) is 133 cm³/mol. The molecule has 13 heteroatoms. The number of azo groups is 1. The standard InChI is InChI=1S/C24H27N7O6/c1-6-14-8-10-15(11-9-14)29-30-24-26-17-20(27-23(25-5)28-21(17)34)31(24)22-19(36-13(4)33)18(35-12(3)32)16(7-2)37-22/h8-11,16,18-19,22H,5-7H2,1-4H3,(H,27,28,34)/t16-,18+,19?,22-/m1/s1. The summed E-state index contributed by atoms with van der Waals surface area (Å²) in [5, 5.41) is 8.53. The molecule has 0 bridgehead atoms. The number of carbonyl (C=O) groups excluding carboxylic acids is 2. The minimum atomic E-state index is -1.09. The molecule has 0 saturated carbocycles. The molecule has 1 unspecified atom stereocenters. The molecule has 3 aromatic rings. The normalized spacial score (nSPS) is 21.4. The van der Waals surface area contributed by atoms with Gasteiger partial charge < -0.3 is 14.2 Å². The number of aliphatic imine (C=N–C) groups is 1. The van der Waals surface area contributed by atoms with Crippen molar-refractivity contribution in [3.8, 4) is 0 Å². The van der Waals surface area contributed by atoms with Gasteiger partial charge in [-0.15, -0.1) is 10.2 Å². The van der Waals surface area contributed by atoms with Crippen LogP contribution >= 0.6 is 0 Å². The third-order valence-corrected chi connectivity index (χ3v) is 5.82. The maximum Gasteiger partial charge on any atom is 0.303 e. The molecule has 0 aliphatic carbocycles. The lowest BCUT2D eigenvalue weighted by atomic mass is 10.1. The van der Waals surface area contributed by atoms with Crippen LogP contribution in [0.15, 0.2) is 44.3 Å². The molecule has 1 aliphatic rings. The van der Waals surface area contributed by atoms with Crippen LogP contribution in [-0.4, -0.2) is 56.5 Å². The molecule has 1 aliphatic heterocycles. The molecule has 0 radical (unpaired) electrons. The monoisotopic (exact) mass is 509 g/mol. The zero-order chi connectivity index (χ0) is 26.7. The number of hydrogen-bond acceptors (Lipinski definition) is 11. The highest BCUT2D eigenvalue weighted by atomic mass is 16.6. The molecular weight excluding hydrogens is 482 g/mol. The Morgan fingerprint density at radius 2 is 1.76 bits per heavy atom. The molecule has 2 aromatic heterocycles. The summed E-state index contributed by atoms with van der Waals surface area (Å²) < 4.78 is 18.6. The molecule has 4 atom stereocenters. The Bertz CT molecular complexity index is 1410. The number of aromatic nitrogens is 4. The average molecular weight is 510 g/mol. The van der Waals surface area contributed by atoms with Crippen LogP contribution in [-0.2, 0) is 30.2 Å². The number of aryl methyl sites for hydroxylation is 1. The lowest BCUT2D eigenvalue weighted by Gasteiger charge is -2.24. The summed E-state index contributed by atoms with van der Waals surface area (Å²) in [6.45, 7) is 9.78. The van der Waals surface area contributed by atoms with Crippen LogP contribution < -0.4 is 5.56 Å². The maximum absolute atomic E-state index is 12.7. The van der Waals surface area contributed by atoms with E-state index in [-0.39, 0.29) is 23.1 Å². The zero-order valence-electron chi connectivity index (χ0n) is 20.9. The fourth-order valence-electron chi connectivity index (χ4n) is 4.14. The SMILES string of the molecule is C=Nc1nc2c(nc(N=Nc3ccc(CC)cc3)n2[C@@H]2O[C@H](CC)[C@H](OC(C)=O)C2OC(C)=O)c(=O)[nH]1. The van der Waals surface area contributed by atoms with Crippen molar-refractivity contribution >= 4 is 47.4 Å². The van der Waals surface area contributed by atoms with Gasteiger partial charge in [0, 0.05) is 13.8 Å². The van der Waals surface area contributed by atoms with Gasteiger partial charge in [-0.25, -0.2) is 9.98 Å². The fourth-order valence-corrected chi connectivity index (χ4v) is 4.14. The van der Waals surface area contributed by atoms with Gasteiger partial charge in [-0.1, -0.05) is 26.0 Å². The number of carbonyl (C=O) groups is 2. The molecule has 1 saturated heterocycles. The van der Waals surface area contributed by atoms with E-state index >= 15 is 0 Å². The summed E-state index contributed by atoms with van der Waals surface area (Å²) in [6.07, 6.45) is -2.40. The minimum absolute atomic E-state index is 0.0331. The number of benzene rings is 1. The van der Waals surface area contributed by atoms with Gasteiger partial charge in [-0.3, -0.25) is 23.9 Å². The zero-order valence-corrected chi connectivity index (χ0v) is 20.9. The summed E-state index contributed by atoms with van der Waals surface area (Å²) in [5.74, 6) is -1.27. The van der Waals surface area contributed by atoms with Crippen molar-refractivity contribution in [2.75, 3.05) is 0 Å². The van der Waals surface area contributed by atoms with Crippen molar-refractivity contribution in [3.05, 3.63) is 40.2 Å². The Morgan fingerprint density at radius 3 is 2.35 bits per heavy atom. The van der Waals surface area contributed by atoms with Gasteiger partial charge in [0.1, 0.15) is 6.10 Å². The van der Waals surface area contributed by atoms with E-state index in [0.29, 0.717) is 12.1 Å². The van der Waals surface area contributed by atoms with Gasteiger partial charge in [-0.2, -0.15) is 4.98 Å². The Balaban J connectivity index is 1.89. The first kappa shape index (κ1) is 25.8. The topological polar surface area (TPSA) is 162 Å². The predicted octanol–water partition coefficient (Wildman–Crippen LogP) is 3.60. The largest absolute Gasteiger partial charge is 0.456 e. The smallest absolute Gasteiger partial charge is 0.303 e. The molecule has 13 nitrogen and oxygen atoms in total. The van der Waals surface area contributed by atoms with Crippen LogP contribution in [0.2, 0.25) is 0 Å². The molecule has 37 heavy (non-hydrogen) atoms. The lowest BCUT2D eigenvalue weighted by molar-refractivity contribution is -0.165. The van der Waals surface area contributed by atoms with E-state index in [2.05, 4.69) is 36.9 Å². The highest BCUT2D eigenvalue weighted by Gasteiger charge is 2.50. The second-order valence-electron chi connectivity index (χ2n) is 8.34. The summed E-state index contributed by atoms with van der Waals surface area (Å²) >= 11 is 0. The first-order chi connectivity index (χ1) is 17.7. The fraction of sp³-hybridized carbons (Fsp3) is 0.417. The van der Waals surface area contributed by atoms with Crippen molar-refractivity contribution in [2.24, 2.45) is 15.2 Å². The van der Waals surface area contributed by atoms with Gasteiger partial charge in [0.2, 0.25) is 5.95 Å². The number of aromatic amines is 1. The maximum atomic E-state index is 12.7. The molecular formula is C24H27N7O6. The number of H-pyrrole nitrogens is 1. The third kappa shape index (κ3) is 5.31. The van der Waals surface area contributed by atoms with E-state index in [4.69, 9.17) is 14.2 Å². The van der Waals surface area contributed by atoms with E-state index in [1.54, 1.807) is 12.1 Å². The van der Waals surface area contributed by atoms with Gasteiger partial charge in [-0.05, 0) is 37.3 Å². The number of nitrogens with zero attached hydrogens (tertiary/aromatic N) is 6. The highest BCUT2D eigenvalue weighted by Crippen LogP contribution is 2.39. The second kappa shape index (κ2) is 10.8. The van der Waals surface area contributed by atoms with E-state index in [1.165, 1.54) is 18.4 Å². The number of imidazole rings is 1. The van der Waals surface area contributed by atoms with Crippen LogP contribution in [0.1, 0.15) is 45.9 Å². The molecule has 1 aromatic carbocycles. The molecule has 1 N–H and O–H groups in total. The number of rotatable bonds is 8. The Hall–Kier alpha value is -4.26. The van der Waals surface area contributed by atoms with Gasteiger partial charge >= 0.3 is 11.9 Å². The Kier molecular flexibility index (Phi) is 7.53. The summed E-state index contributed by atoms with van der Waals surface area (Å²) in [6, 6.07) is 7.46. The summed E-state index contributed by atoms with van der Waals surface area (Å²) in [4.78, 5) is 51.5. The number of nitrogens with one attached hydrogen (secondary N) is 1. The number of esters is 2. The summed E-state index contributed by atoms with van der Waals surface area (Å²) in [5.41, 5.74) is 1.11. The van der Waals surface area contributed by atoms with Crippen LogP contribution in [0, 0.1) is 0 Å². The van der Waals surface area contributed by atoms with Crippen molar-refractivity contribution in [3.63, 3.8) is 0 Å². The third-order valence-electron chi connectivity index (χ3n) is 5.82. The van der Waals surface area contributed by atoms with Crippen molar-refractivity contribution in [2.45, 2.75) is 65.1 Å². The van der Waals surface area contributed by atoms with Crippen molar-refractivity contribution in [1.29, 1.82) is 0 Å². The summed E-state index contributed by atoms with van der Waals surface area (Å²) in [7, 11) is 0. The van der Waals surface area contributed by atoms with Crippen LogP contribution in [0.25, 0.3) is 11.2 Å².